The number of ether oxygens (including phenoxy) is 1. The highest BCUT2D eigenvalue weighted by Gasteiger charge is 2.30. The highest BCUT2D eigenvalue weighted by Crippen LogP contribution is 2.39. The Bertz CT molecular complexity index is 4540. The van der Waals surface area contributed by atoms with Gasteiger partial charge in [-0.05, 0) is 167 Å². The average molecular weight is 1320 g/mol. The van der Waals surface area contributed by atoms with Crippen LogP contribution in [0.5, 0.6) is 0 Å². The van der Waals surface area contributed by atoms with Crippen molar-refractivity contribution in [2.45, 2.75) is 112 Å². The van der Waals surface area contributed by atoms with Crippen LogP contribution in [0.2, 0.25) is 0 Å². The van der Waals surface area contributed by atoms with Gasteiger partial charge in [-0.15, -0.1) is 11.3 Å². The molecule has 22 nitrogen and oxygen atoms in total. The molecule has 6 amide bonds. The zero-order chi connectivity index (χ0) is 69.2. The van der Waals surface area contributed by atoms with Crippen LogP contribution in [0.25, 0.3) is 27.6 Å². The maximum absolute atomic E-state index is 12.6. The van der Waals surface area contributed by atoms with Gasteiger partial charge in [0.2, 0.25) is 0 Å². The largest absolute Gasteiger partial charge is 0.395 e. The second-order valence-electron chi connectivity index (χ2n) is 24.6. The molecule has 2 aliphatic rings. The van der Waals surface area contributed by atoms with Crippen LogP contribution in [-0.4, -0.2) is 78.0 Å². The first-order valence-corrected chi connectivity index (χ1v) is 32.9. The summed E-state index contributed by atoms with van der Waals surface area (Å²) in [6.07, 6.45) is 6.16. The van der Waals surface area contributed by atoms with Crippen LogP contribution in [0.3, 0.4) is 0 Å². The van der Waals surface area contributed by atoms with Crippen molar-refractivity contribution in [3.05, 3.63) is 240 Å². The van der Waals surface area contributed by atoms with E-state index in [1.807, 2.05) is 186 Å². The van der Waals surface area contributed by atoms with Crippen molar-refractivity contribution in [3.8, 4) is 27.6 Å². The summed E-state index contributed by atoms with van der Waals surface area (Å²) in [6.45, 7) is 14.0. The topological polar surface area (TPSA) is 357 Å². The first kappa shape index (κ1) is 68.7. The summed E-state index contributed by atoms with van der Waals surface area (Å²) in [5, 5.41) is 24.6. The van der Waals surface area contributed by atoms with E-state index in [1.165, 1.54) is 20.7 Å². The number of nitrogens with one attached hydrogen (secondary N) is 3. The van der Waals surface area contributed by atoms with Gasteiger partial charge in [0.1, 0.15) is 5.69 Å². The number of carbonyl (C=O) groups excluding carboxylic acids is 6. The van der Waals surface area contributed by atoms with Gasteiger partial charge in [0, 0.05) is 54.8 Å². The number of primary amides is 3. The second-order valence-corrected chi connectivity index (χ2v) is 25.6. The molecule has 4 aromatic heterocycles. The molecule has 6 aromatic carbocycles. The molecule has 1 aliphatic carbocycles. The molecule has 500 valence electrons. The molecule has 1 saturated carbocycles. The molecule has 1 unspecified atom stereocenters. The molecule has 15 N–H and O–H groups in total. The maximum atomic E-state index is 12.6. The van der Waals surface area contributed by atoms with Gasteiger partial charge in [0.25, 0.3) is 35.4 Å². The van der Waals surface area contributed by atoms with Crippen LogP contribution in [-0.2, 0) is 24.4 Å². The summed E-state index contributed by atoms with van der Waals surface area (Å²) < 4.78 is 10.1. The van der Waals surface area contributed by atoms with E-state index >= 15 is 0 Å². The number of thiophene rings is 1. The van der Waals surface area contributed by atoms with Crippen molar-refractivity contribution in [2.24, 2.45) is 17.2 Å². The van der Waals surface area contributed by atoms with Crippen LogP contribution < -0.4 is 50.4 Å². The Balaban J connectivity index is 0.000000158. The van der Waals surface area contributed by atoms with Crippen LogP contribution in [0, 0.1) is 41.5 Å². The number of benzene rings is 6. The smallest absolute Gasteiger partial charge is 0.269 e. The number of carbonyl (C=O) groups is 6. The summed E-state index contributed by atoms with van der Waals surface area (Å²) in [4.78, 5) is 74.9. The lowest BCUT2D eigenvalue weighted by Crippen LogP contribution is -2.23. The van der Waals surface area contributed by atoms with Crippen LogP contribution in [0.1, 0.15) is 174 Å². The summed E-state index contributed by atoms with van der Waals surface area (Å²) in [7, 11) is 0. The number of anilines is 3. The molecule has 97 heavy (non-hydrogen) atoms. The number of aromatic nitrogens is 6. The summed E-state index contributed by atoms with van der Waals surface area (Å²) >= 11 is 1.48. The van der Waals surface area contributed by atoms with Gasteiger partial charge in [0.05, 0.1) is 57.0 Å². The Morgan fingerprint density at radius 1 is 0.464 bits per heavy atom. The van der Waals surface area contributed by atoms with E-state index in [4.69, 9.17) is 39.1 Å². The third-order valence-electron chi connectivity index (χ3n) is 17.4. The zero-order valence-corrected chi connectivity index (χ0v) is 56.0. The molecule has 0 spiro atoms. The molecule has 12 rings (SSSR count). The molecular formula is C74H81N15O7S. The van der Waals surface area contributed by atoms with Crippen LogP contribution in [0.4, 0.5) is 17.1 Å². The fourth-order valence-corrected chi connectivity index (χ4v) is 12.7. The lowest BCUT2D eigenvalue weighted by Gasteiger charge is -2.20. The Morgan fingerprint density at radius 3 is 1.18 bits per heavy atom. The predicted octanol–water partition coefficient (Wildman–Crippen LogP) is 10.6. The van der Waals surface area contributed by atoms with Gasteiger partial charge in [0.15, 0.2) is 17.1 Å². The molecule has 1 saturated heterocycles. The van der Waals surface area contributed by atoms with Gasteiger partial charge in [-0.3, -0.25) is 28.8 Å². The molecule has 0 bridgehead atoms. The molecular weight excluding hydrogens is 1240 g/mol. The second kappa shape index (κ2) is 30.5. The minimum Gasteiger partial charge on any atom is -0.395 e. The fourth-order valence-electron chi connectivity index (χ4n) is 12.0. The van der Waals surface area contributed by atoms with Gasteiger partial charge in [-0.1, -0.05) is 108 Å². The normalized spacial score (nSPS) is 13.6. The fraction of sp³-hybridized carbons (Fsp3) is 0.257. The number of aryl methyl sites for hydroxylation is 6. The molecule has 1 atom stereocenters. The molecule has 2 fully saturated rings. The summed E-state index contributed by atoms with van der Waals surface area (Å²) in [5.41, 5.74) is 51.7. The first-order valence-electron chi connectivity index (χ1n) is 32.1. The van der Waals surface area contributed by atoms with Crippen molar-refractivity contribution < 1.29 is 33.5 Å². The van der Waals surface area contributed by atoms with Crippen molar-refractivity contribution >= 4 is 63.8 Å². The van der Waals surface area contributed by atoms with Crippen molar-refractivity contribution in [2.75, 3.05) is 30.4 Å². The SMILES string of the molecule is Cc1ccc(C)c(C(=O)NCc2ccc(-n3nc(-c4cccs4)c(N)c3C(N)=O)cc2)c1.Cc1ccc(C)c(C(=O)NCc2ccc(-n3nc(C4CCCC4)c(N)c3C(N)=O)cc2)c1.Cc1ccc(C)c(C(=O)NCc2ccc(-n3nc(C4CCCOC4)c(N)c3C(N)=O)cc2)c1. The highest BCUT2D eigenvalue weighted by atomic mass is 32.1. The summed E-state index contributed by atoms with van der Waals surface area (Å²) in [6, 6.07) is 43.5. The van der Waals surface area contributed by atoms with E-state index in [2.05, 4.69) is 31.2 Å². The van der Waals surface area contributed by atoms with E-state index in [0.717, 1.165) is 106 Å². The Morgan fingerprint density at radius 2 is 0.825 bits per heavy atom. The molecule has 0 radical (unpaired) electrons. The van der Waals surface area contributed by atoms with E-state index in [1.54, 1.807) is 4.68 Å². The number of rotatable bonds is 18. The average Bonchev–Trinajstić information content (AvgIpc) is 1.65. The van der Waals surface area contributed by atoms with E-state index in [-0.39, 0.29) is 52.3 Å². The lowest BCUT2D eigenvalue weighted by atomic mass is 9.97. The Labute approximate surface area is 566 Å². The Kier molecular flexibility index (Phi) is 21.6. The third kappa shape index (κ3) is 16.0. The number of nitrogens with zero attached hydrogens (tertiary/aromatic N) is 6. The Hall–Kier alpha value is -11.2. The zero-order valence-electron chi connectivity index (χ0n) is 55.2. The first-order chi connectivity index (χ1) is 46.5. The van der Waals surface area contributed by atoms with Crippen molar-refractivity contribution in [1.82, 2.24) is 45.3 Å². The number of nitrogens with two attached hydrogens (primary N) is 6. The lowest BCUT2D eigenvalue weighted by molar-refractivity contribution is 0.0794. The highest BCUT2D eigenvalue weighted by molar-refractivity contribution is 7.13. The molecule has 1 aliphatic heterocycles. The summed E-state index contributed by atoms with van der Waals surface area (Å²) in [5.74, 6) is -1.90. The number of amides is 6. The van der Waals surface area contributed by atoms with Gasteiger partial charge in [-0.25, -0.2) is 14.0 Å². The number of hydrogen-bond acceptors (Lipinski definition) is 14. The van der Waals surface area contributed by atoms with Gasteiger partial charge >= 0.3 is 0 Å². The minimum absolute atomic E-state index is 0.0395. The van der Waals surface area contributed by atoms with Gasteiger partial charge < -0.3 is 55.1 Å². The monoisotopic (exact) mass is 1320 g/mol. The minimum atomic E-state index is -0.650. The predicted molar refractivity (Wildman–Crippen MR) is 378 cm³/mol. The number of hydrogen-bond donors (Lipinski definition) is 9. The third-order valence-corrected chi connectivity index (χ3v) is 18.3. The van der Waals surface area contributed by atoms with Crippen LogP contribution in [0.15, 0.2) is 145 Å². The van der Waals surface area contributed by atoms with Crippen molar-refractivity contribution in [1.29, 1.82) is 0 Å². The van der Waals surface area contributed by atoms with Gasteiger partial charge in [-0.2, -0.15) is 15.3 Å². The van der Waals surface area contributed by atoms with Crippen molar-refractivity contribution in [3.63, 3.8) is 0 Å². The van der Waals surface area contributed by atoms with Crippen LogP contribution >= 0.6 is 11.3 Å². The molecule has 10 aromatic rings. The van der Waals surface area contributed by atoms with E-state index in [9.17, 15) is 28.8 Å². The maximum Gasteiger partial charge on any atom is 0.269 e. The quantitative estimate of drug-likeness (QED) is 0.0386. The molecule has 23 heteroatoms. The van der Waals surface area contributed by atoms with E-state index < -0.39 is 17.7 Å². The number of nitrogen functional groups attached to an aromatic ring is 3. The van der Waals surface area contributed by atoms with E-state index in [0.29, 0.717) is 82.8 Å². The molecule has 5 heterocycles. The standard InChI is InChI=1S/C25H29N5O3.C25H29N5O2.C24H23N5O2S/c1-15-5-6-16(2)20(12-15)25(32)28-13-17-7-9-19(10-8-17)30-23(24(27)31)21(26)22(29-30)18-4-3-11-33-14-18;1-15-7-8-16(2)20(13-15)25(32)28-14-17-9-11-19(12-10-17)30-23(24(27)31)21(26)22(29-30)18-5-3-4-6-18;1-14-5-6-15(2)18(12-14)24(31)27-13-16-7-9-17(10-8-16)29-22(23(26)30)20(25)21(28-29)19-4-3-11-32-19/h5-10,12,18H,3-4,11,13-14,26H2,1-2H3,(H2,27,31)(H,28,32);7-13,18H,3-6,14,26H2,1-2H3,(H2,27,31)(H,28,32);3-12H,13,25H2,1-2H3,(H2,26,30)(H,27,31).